The SMILES string of the molecule is COCCC[C@@H]1CCCCN1C(=O)c1cc2c(C)cccc2n1C. The first-order chi connectivity index (χ1) is 11.6. The van der Waals surface area contributed by atoms with Crippen molar-refractivity contribution in [3.8, 4) is 0 Å². The maximum Gasteiger partial charge on any atom is 0.270 e. The summed E-state index contributed by atoms with van der Waals surface area (Å²) in [5, 5.41) is 1.18. The minimum atomic E-state index is 0.176. The van der Waals surface area contributed by atoms with Crippen LogP contribution in [-0.4, -0.2) is 41.7 Å². The molecule has 24 heavy (non-hydrogen) atoms. The molecule has 1 aliphatic rings. The molecular weight excluding hydrogens is 300 g/mol. The molecule has 0 spiro atoms. The molecule has 4 nitrogen and oxygen atoms in total. The fourth-order valence-electron chi connectivity index (χ4n) is 3.89. The topological polar surface area (TPSA) is 34.5 Å². The molecule has 0 bridgehead atoms. The third-order valence-electron chi connectivity index (χ3n) is 5.30. The average Bonchev–Trinajstić information content (AvgIpc) is 2.93. The highest BCUT2D eigenvalue weighted by Gasteiger charge is 2.29. The largest absolute Gasteiger partial charge is 0.385 e. The number of fused-ring (bicyclic) bond motifs is 1. The van der Waals surface area contributed by atoms with E-state index in [2.05, 4.69) is 36.1 Å². The molecule has 0 N–H and O–H groups in total. The molecule has 3 rings (SSSR count). The summed E-state index contributed by atoms with van der Waals surface area (Å²) < 4.78 is 7.22. The lowest BCUT2D eigenvalue weighted by atomic mass is 9.97. The number of rotatable bonds is 5. The van der Waals surface area contributed by atoms with Crippen LogP contribution >= 0.6 is 0 Å². The number of nitrogens with zero attached hydrogens (tertiary/aromatic N) is 2. The molecule has 1 aromatic heterocycles. The molecule has 1 aromatic carbocycles. The zero-order valence-corrected chi connectivity index (χ0v) is 15.0. The summed E-state index contributed by atoms with van der Waals surface area (Å²) in [6.07, 6.45) is 5.48. The molecule has 1 atom stereocenters. The zero-order valence-electron chi connectivity index (χ0n) is 15.0. The lowest BCUT2D eigenvalue weighted by molar-refractivity contribution is 0.0576. The number of aryl methyl sites for hydroxylation is 2. The Morgan fingerprint density at radius 3 is 2.92 bits per heavy atom. The van der Waals surface area contributed by atoms with Gasteiger partial charge >= 0.3 is 0 Å². The van der Waals surface area contributed by atoms with Gasteiger partial charge in [0, 0.05) is 44.3 Å². The second-order valence-corrected chi connectivity index (χ2v) is 6.88. The zero-order chi connectivity index (χ0) is 17.1. The van der Waals surface area contributed by atoms with Crippen LogP contribution in [-0.2, 0) is 11.8 Å². The summed E-state index contributed by atoms with van der Waals surface area (Å²) in [4.78, 5) is 15.3. The van der Waals surface area contributed by atoms with E-state index >= 15 is 0 Å². The Hall–Kier alpha value is -1.81. The molecule has 2 aromatic rings. The fraction of sp³-hybridized carbons (Fsp3) is 0.550. The van der Waals surface area contributed by atoms with Gasteiger partial charge in [-0.05, 0) is 56.7 Å². The summed E-state index contributed by atoms with van der Waals surface area (Å²) in [6, 6.07) is 8.66. The molecule has 1 amide bonds. The van der Waals surface area contributed by atoms with Gasteiger partial charge in [0.15, 0.2) is 0 Å². The van der Waals surface area contributed by atoms with Crippen LogP contribution in [0.15, 0.2) is 24.3 Å². The Morgan fingerprint density at radius 1 is 1.33 bits per heavy atom. The Morgan fingerprint density at radius 2 is 2.17 bits per heavy atom. The van der Waals surface area contributed by atoms with Gasteiger partial charge in [-0.1, -0.05) is 12.1 Å². The van der Waals surface area contributed by atoms with Crippen LogP contribution in [0.5, 0.6) is 0 Å². The van der Waals surface area contributed by atoms with E-state index < -0.39 is 0 Å². The lowest BCUT2D eigenvalue weighted by Crippen LogP contribution is -2.44. The van der Waals surface area contributed by atoms with Crippen molar-refractivity contribution in [3.63, 3.8) is 0 Å². The van der Waals surface area contributed by atoms with Gasteiger partial charge in [0.25, 0.3) is 5.91 Å². The van der Waals surface area contributed by atoms with Crippen molar-refractivity contribution in [1.82, 2.24) is 9.47 Å². The van der Waals surface area contributed by atoms with Crippen molar-refractivity contribution in [3.05, 3.63) is 35.5 Å². The highest BCUT2D eigenvalue weighted by atomic mass is 16.5. The monoisotopic (exact) mass is 328 g/mol. The average molecular weight is 328 g/mol. The number of likely N-dealkylation sites (tertiary alicyclic amines) is 1. The van der Waals surface area contributed by atoms with Gasteiger partial charge in [-0.3, -0.25) is 4.79 Å². The van der Waals surface area contributed by atoms with E-state index in [4.69, 9.17) is 4.74 Å². The van der Waals surface area contributed by atoms with E-state index in [-0.39, 0.29) is 5.91 Å². The lowest BCUT2D eigenvalue weighted by Gasteiger charge is -2.36. The van der Waals surface area contributed by atoms with Crippen LogP contribution in [0.1, 0.15) is 48.2 Å². The predicted octanol–water partition coefficient (Wildman–Crippen LogP) is 3.91. The second-order valence-electron chi connectivity index (χ2n) is 6.88. The summed E-state index contributed by atoms with van der Waals surface area (Å²) in [5.74, 6) is 0.176. The van der Waals surface area contributed by atoms with E-state index in [1.807, 2.05) is 11.6 Å². The number of carbonyl (C=O) groups excluding carboxylic acids is 1. The van der Waals surface area contributed by atoms with Crippen molar-refractivity contribution in [2.24, 2.45) is 7.05 Å². The summed E-state index contributed by atoms with van der Waals surface area (Å²) in [5.41, 5.74) is 3.15. The maximum atomic E-state index is 13.2. The van der Waals surface area contributed by atoms with E-state index in [1.54, 1.807) is 7.11 Å². The molecule has 0 radical (unpaired) electrons. The quantitative estimate of drug-likeness (QED) is 0.780. The van der Waals surface area contributed by atoms with E-state index in [9.17, 15) is 4.79 Å². The first-order valence-electron chi connectivity index (χ1n) is 8.98. The van der Waals surface area contributed by atoms with Crippen LogP contribution in [0.3, 0.4) is 0 Å². The van der Waals surface area contributed by atoms with Gasteiger partial charge in [0.1, 0.15) is 5.69 Å². The van der Waals surface area contributed by atoms with Gasteiger partial charge < -0.3 is 14.2 Å². The molecule has 0 aliphatic carbocycles. The Balaban J connectivity index is 1.86. The molecule has 4 heteroatoms. The van der Waals surface area contributed by atoms with Crippen molar-refractivity contribution in [1.29, 1.82) is 0 Å². The van der Waals surface area contributed by atoms with E-state index in [0.29, 0.717) is 6.04 Å². The number of benzene rings is 1. The van der Waals surface area contributed by atoms with Crippen LogP contribution in [0.4, 0.5) is 0 Å². The highest BCUT2D eigenvalue weighted by molar-refractivity contribution is 5.99. The van der Waals surface area contributed by atoms with Crippen molar-refractivity contribution in [2.75, 3.05) is 20.3 Å². The number of piperidine rings is 1. The molecule has 1 saturated heterocycles. The number of ether oxygens (including phenoxy) is 1. The maximum absolute atomic E-state index is 13.2. The molecule has 2 heterocycles. The first-order valence-corrected chi connectivity index (χ1v) is 8.98. The van der Waals surface area contributed by atoms with Crippen molar-refractivity contribution in [2.45, 2.75) is 45.1 Å². The van der Waals surface area contributed by atoms with Crippen LogP contribution in [0.25, 0.3) is 10.9 Å². The molecule has 0 saturated carbocycles. The summed E-state index contributed by atoms with van der Waals surface area (Å²) in [6.45, 7) is 3.74. The van der Waals surface area contributed by atoms with E-state index in [0.717, 1.165) is 50.0 Å². The second kappa shape index (κ2) is 7.39. The van der Waals surface area contributed by atoms with Crippen molar-refractivity contribution >= 4 is 16.8 Å². The Kier molecular flexibility index (Phi) is 5.24. The molecule has 0 unspecified atom stereocenters. The van der Waals surface area contributed by atoms with Crippen LogP contribution in [0, 0.1) is 6.92 Å². The normalized spacial score (nSPS) is 18.3. The van der Waals surface area contributed by atoms with Gasteiger partial charge in [-0.2, -0.15) is 0 Å². The molecular formula is C20H28N2O2. The van der Waals surface area contributed by atoms with Gasteiger partial charge in [-0.25, -0.2) is 0 Å². The van der Waals surface area contributed by atoms with Crippen LogP contribution < -0.4 is 0 Å². The predicted molar refractivity (Wildman–Crippen MR) is 97.4 cm³/mol. The van der Waals surface area contributed by atoms with Gasteiger partial charge in [0.2, 0.25) is 0 Å². The third-order valence-corrected chi connectivity index (χ3v) is 5.30. The Labute approximate surface area is 144 Å². The smallest absolute Gasteiger partial charge is 0.270 e. The number of hydrogen-bond acceptors (Lipinski definition) is 2. The molecule has 130 valence electrons. The summed E-state index contributed by atoms with van der Waals surface area (Å²) in [7, 11) is 3.74. The number of carbonyl (C=O) groups is 1. The number of methoxy groups -OCH3 is 1. The third kappa shape index (κ3) is 3.20. The number of hydrogen-bond donors (Lipinski definition) is 0. The Bertz CT molecular complexity index is 720. The van der Waals surface area contributed by atoms with E-state index in [1.165, 1.54) is 17.4 Å². The summed E-state index contributed by atoms with van der Waals surface area (Å²) >= 11 is 0. The standard InChI is InChI=1S/C20H28N2O2/c1-15-8-6-11-18-17(15)14-19(21(18)2)20(23)22-12-5-4-9-16(22)10-7-13-24-3/h6,8,11,14,16H,4-5,7,9-10,12-13H2,1-3H3/t16-/m0/s1. The fourth-order valence-corrected chi connectivity index (χ4v) is 3.89. The molecule has 1 fully saturated rings. The number of amides is 1. The minimum Gasteiger partial charge on any atom is -0.385 e. The van der Waals surface area contributed by atoms with Crippen LogP contribution in [0.2, 0.25) is 0 Å². The minimum absolute atomic E-state index is 0.176. The number of aromatic nitrogens is 1. The van der Waals surface area contributed by atoms with Gasteiger partial charge in [0.05, 0.1) is 0 Å². The molecule has 1 aliphatic heterocycles. The first kappa shape index (κ1) is 17.0. The van der Waals surface area contributed by atoms with Crippen molar-refractivity contribution < 1.29 is 9.53 Å². The highest BCUT2D eigenvalue weighted by Crippen LogP contribution is 2.27. The van der Waals surface area contributed by atoms with Gasteiger partial charge in [-0.15, -0.1) is 0 Å².